The highest BCUT2D eigenvalue weighted by atomic mass is 16.5. The Hall–Kier alpha value is -0.940. The molecule has 0 aromatic heterocycles. The maximum Gasteiger partial charge on any atom is 0.0623 e. The number of morpholine rings is 1. The molecular weight excluding hydrogens is 310 g/mol. The van der Waals surface area contributed by atoms with Crippen LogP contribution in [-0.4, -0.2) is 49.8 Å². The lowest BCUT2D eigenvalue weighted by Gasteiger charge is -2.33. The number of ether oxygens (including phenoxy) is 1. The van der Waals surface area contributed by atoms with Gasteiger partial charge in [0.05, 0.1) is 13.2 Å². The average molecular weight is 346 g/mol. The van der Waals surface area contributed by atoms with Gasteiger partial charge in [0.15, 0.2) is 0 Å². The summed E-state index contributed by atoms with van der Waals surface area (Å²) < 4.78 is 5.70. The standard InChI is InChI=1S/C21H35N3O/c1-3-24(4-2)15-18-9-6-5-8-17(18)14-23-20-11-7-10-19(20)21-16-25-13-12-22-21/h5-6,8-9,19-23H,3-4,7,10-16H2,1-2H3. The molecule has 1 aromatic rings. The van der Waals surface area contributed by atoms with Gasteiger partial charge < -0.3 is 15.4 Å². The molecule has 4 heteroatoms. The first-order valence-electron chi connectivity index (χ1n) is 10.2. The quantitative estimate of drug-likeness (QED) is 0.760. The molecule has 2 fully saturated rings. The lowest BCUT2D eigenvalue weighted by molar-refractivity contribution is 0.0524. The van der Waals surface area contributed by atoms with E-state index < -0.39 is 0 Å². The normalized spacial score (nSPS) is 27.1. The van der Waals surface area contributed by atoms with Crippen molar-refractivity contribution >= 4 is 0 Å². The molecule has 3 rings (SSSR count). The zero-order valence-electron chi connectivity index (χ0n) is 16.0. The van der Waals surface area contributed by atoms with Crippen LogP contribution in [0.1, 0.15) is 44.2 Å². The van der Waals surface area contributed by atoms with Crippen molar-refractivity contribution in [3.05, 3.63) is 35.4 Å². The van der Waals surface area contributed by atoms with Gasteiger partial charge in [-0.25, -0.2) is 0 Å². The van der Waals surface area contributed by atoms with Crippen molar-refractivity contribution in [2.45, 2.75) is 58.3 Å². The highest BCUT2D eigenvalue weighted by molar-refractivity contribution is 5.27. The van der Waals surface area contributed by atoms with Crippen molar-refractivity contribution in [2.75, 3.05) is 32.8 Å². The number of hydrogen-bond donors (Lipinski definition) is 2. The van der Waals surface area contributed by atoms with Crippen molar-refractivity contribution in [3.63, 3.8) is 0 Å². The molecule has 2 aliphatic rings. The lowest BCUT2D eigenvalue weighted by atomic mass is 9.93. The van der Waals surface area contributed by atoms with Gasteiger partial charge in [0.1, 0.15) is 0 Å². The fraction of sp³-hybridized carbons (Fsp3) is 0.714. The van der Waals surface area contributed by atoms with E-state index in [0.717, 1.165) is 45.9 Å². The monoisotopic (exact) mass is 345 g/mol. The molecule has 3 atom stereocenters. The Balaban J connectivity index is 1.59. The Morgan fingerprint density at radius 1 is 1.16 bits per heavy atom. The minimum Gasteiger partial charge on any atom is -0.379 e. The minimum absolute atomic E-state index is 0.527. The molecular formula is C21H35N3O. The zero-order chi connectivity index (χ0) is 17.5. The van der Waals surface area contributed by atoms with Crippen LogP contribution in [0.5, 0.6) is 0 Å². The summed E-state index contributed by atoms with van der Waals surface area (Å²) in [4.78, 5) is 2.49. The van der Waals surface area contributed by atoms with E-state index in [2.05, 4.69) is 53.6 Å². The molecule has 0 spiro atoms. The number of nitrogens with one attached hydrogen (secondary N) is 2. The molecule has 1 aliphatic carbocycles. The Bertz CT molecular complexity index is 512. The number of rotatable bonds is 8. The first kappa shape index (κ1) is 18.8. The number of benzene rings is 1. The Morgan fingerprint density at radius 2 is 1.96 bits per heavy atom. The van der Waals surface area contributed by atoms with E-state index in [-0.39, 0.29) is 0 Å². The molecule has 1 saturated carbocycles. The topological polar surface area (TPSA) is 36.5 Å². The second-order valence-corrected chi connectivity index (χ2v) is 7.45. The fourth-order valence-electron chi connectivity index (χ4n) is 4.40. The van der Waals surface area contributed by atoms with Gasteiger partial charge >= 0.3 is 0 Å². The van der Waals surface area contributed by atoms with Crippen LogP contribution >= 0.6 is 0 Å². The van der Waals surface area contributed by atoms with E-state index >= 15 is 0 Å². The van der Waals surface area contributed by atoms with Gasteiger partial charge in [0.2, 0.25) is 0 Å². The Labute approximate surface area is 153 Å². The van der Waals surface area contributed by atoms with Crippen molar-refractivity contribution in [3.8, 4) is 0 Å². The smallest absolute Gasteiger partial charge is 0.0623 e. The van der Waals surface area contributed by atoms with E-state index in [9.17, 15) is 0 Å². The first-order chi connectivity index (χ1) is 12.3. The van der Waals surface area contributed by atoms with Crippen LogP contribution in [0.25, 0.3) is 0 Å². The highest BCUT2D eigenvalue weighted by Crippen LogP contribution is 2.30. The molecule has 1 saturated heterocycles. The summed E-state index contributed by atoms with van der Waals surface area (Å²) >= 11 is 0. The molecule has 4 nitrogen and oxygen atoms in total. The van der Waals surface area contributed by atoms with E-state index in [1.54, 1.807) is 0 Å². The van der Waals surface area contributed by atoms with Crippen LogP contribution in [0.15, 0.2) is 24.3 Å². The molecule has 2 N–H and O–H groups in total. The lowest BCUT2D eigenvalue weighted by Crippen LogP contribution is -2.50. The third kappa shape index (κ3) is 5.04. The zero-order valence-corrected chi connectivity index (χ0v) is 16.0. The van der Waals surface area contributed by atoms with Crippen molar-refractivity contribution in [2.24, 2.45) is 5.92 Å². The molecule has 0 amide bonds. The predicted molar refractivity (Wildman–Crippen MR) is 104 cm³/mol. The van der Waals surface area contributed by atoms with Crippen LogP contribution in [-0.2, 0) is 17.8 Å². The van der Waals surface area contributed by atoms with Crippen LogP contribution in [0.4, 0.5) is 0 Å². The summed E-state index contributed by atoms with van der Waals surface area (Å²) in [5, 5.41) is 7.55. The highest BCUT2D eigenvalue weighted by Gasteiger charge is 2.34. The summed E-state index contributed by atoms with van der Waals surface area (Å²) in [5.41, 5.74) is 2.92. The summed E-state index contributed by atoms with van der Waals surface area (Å²) in [6.45, 7) is 11.5. The van der Waals surface area contributed by atoms with Crippen molar-refractivity contribution in [1.29, 1.82) is 0 Å². The largest absolute Gasteiger partial charge is 0.379 e. The van der Waals surface area contributed by atoms with Crippen LogP contribution in [0.3, 0.4) is 0 Å². The van der Waals surface area contributed by atoms with E-state index in [1.807, 2.05) is 0 Å². The van der Waals surface area contributed by atoms with Gasteiger partial charge in [0.25, 0.3) is 0 Å². The molecule has 1 heterocycles. The van der Waals surface area contributed by atoms with Crippen molar-refractivity contribution < 1.29 is 4.74 Å². The van der Waals surface area contributed by atoms with Gasteiger partial charge in [-0.1, -0.05) is 44.5 Å². The summed E-state index contributed by atoms with van der Waals surface area (Å²) in [6.07, 6.45) is 3.95. The third-order valence-corrected chi connectivity index (χ3v) is 6.00. The fourth-order valence-corrected chi connectivity index (χ4v) is 4.40. The van der Waals surface area contributed by atoms with Crippen LogP contribution < -0.4 is 10.6 Å². The molecule has 25 heavy (non-hydrogen) atoms. The molecule has 0 radical (unpaired) electrons. The second kappa shape index (κ2) is 9.67. The summed E-state index contributed by atoms with van der Waals surface area (Å²) in [5.74, 6) is 0.704. The van der Waals surface area contributed by atoms with Crippen LogP contribution in [0.2, 0.25) is 0 Å². The molecule has 3 unspecified atom stereocenters. The Kier molecular flexibility index (Phi) is 7.29. The minimum atomic E-state index is 0.527. The van der Waals surface area contributed by atoms with E-state index in [1.165, 1.54) is 30.4 Å². The van der Waals surface area contributed by atoms with Gasteiger partial charge in [0, 0.05) is 31.7 Å². The Morgan fingerprint density at radius 3 is 2.68 bits per heavy atom. The average Bonchev–Trinajstić information content (AvgIpc) is 3.14. The van der Waals surface area contributed by atoms with Crippen molar-refractivity contribution in [1.82, 2.24) is 15.5 Å². The van der Waals surface area contributed by atoms with E-state index in [4.69, 9.17) is 4.74 Å². The second-order valence-electron chi connectivity index (χ2n) is 7.45. The SMILES string of the molecule is CCN(CC)Cc1ccccc1CNC1CCCC1C1COCCN1. The number of hydrogen-bond acceptors (Lipinski definition) is 4. The maximum absolute atomic E-state index is 5.70. The van der Waals surface area contributed by atoms with Gasteiger partial charge in [-0.3, -0.25) is 4.90 Å². The molecule has 1 aliphatic heterocycles. The first-order valence-corrected chi connectivity index (χ1v) is 10.2. The molecule has 0 bridgehead atoms. The van der Waals surface area contributed by atoms with E-state index in [0.29, 0.717) is 18.0 Å². The van der Waals surface area contributed by atoms with Gasteiger partial charge in [-0.15, -0.1) is 0 Å². The summed E-state index contributed by atoms with van der Waals surface area (Å²) in [6, 6.07) is 10.1. The van der Waals surface area contributed by atoms with Gasteiger partial charge in [-0.05, 0) is 43.0 Å². The van der Waals surface area contributed by atoms with Crippen LogP contribution in [0, 0.1) is 5.92 Å². The predicted octanol–water partition coefficient (Wildman–Crippen LogP) is 2.78. The molecule has 1 aromatic carbocycles. The number of nitrogens with zero attached hydrogens (tertiary/aromatic N) is 1. The maximum atomic E-state index is 5.70. The summed E-state index contributed by atoms with van der Waals surface area (Å²) in [7, 11) is 0. The third-order valence-electron chi connectivity index (χ3n) is 6.00. The van der Waals surface area contributed by atoms with Gasteiger partial charge in [-0.2, -0.15) is 0 Å². The molecule has 140 valence electrons.